The first-order valence-corrected chi connectivity index (χ1v) is 9.48. The number of benzene rings is 2. The molecular formula is C22H26F2N2O2. The van der Waals surface area contributed by atoms with E-state index in [4.69, 9.17) is 16.1 Å². The molecule has 0 aliphatic heterocycles. The average molecular weight is 388 g/mol. The van der Waals surface area contributed by atoms with E-state index in [1.165, 1.54) is 12.1 Å². The van der Waals surface area contributed by atoms with Crippen molar-refractivity contribution in [2.24, 2.45) is 11.7 Å². The summed E-state index contributed by atoms with van der Waals surface area (Å²) in [5.41, 5.74) is 7.98. The second kappa shape index (κ2) is 10.0. The van der Waals surface area contributed by atoms with Gasteiger partial charge in [0.15, 0.2) is 11.6 Å². The Kier molecular flexibility index (Phi) is 7.77. The van der Waals surface area contributed by atoms with Crippen molar-refractivity contribution in [3.8, 4) is 17.6 Å². The first kappa shape index (κ1) is 21.6. The Labute approximate surface area is 164 Å². The Bertz CT molecular complexity index is 849. The summed E-state index contributed by atoms with van der Waals surface area (Å²) in [7, 11) is 0. The minimum atomic E-state index is -0.765. The van der Waals surface area contributed by atoms with E-state index in [1.807, 2.05) is 0 Å². The van der Waals surface area contributed by atoms with Crippen LogP contribution in [0.15, 0.2) is 30.3 Å². The summed E-state index contributed by atoms with van der Waals surface area (Å²) in [5.74, 6) is -0.933. The smallest absolute Gasteiger partial charge is 0.166 e. The highest BCUT2D eigenvalue weighted by Gasteiger charge is 2.25. The summed E-state index contributed by atoms with van der Waals surface area (Å²) >= 11 is 0. The minimum absolute atomic E-state index is 0.0367. The average Bonchev–Trinajstić information content (AvgIpc) is 3.06. The van der Waals surface area contributed by atoms with Crippen LogP contribution in [0.2, 0.25) is 0 Å². The molecule has 0 heterocycles. The van der Waals surface area contributed by atoms with Crippen molar-refractivity contribution in [3.63, 3.8) is 0 Å². The molecule has 3 rings (SSSR count). The molecule has 1 aliphatic rings. The molecule has 0 spiro atoms. The van der Waals surface area contributed by atoms with Crippen LogP contribution in [0.25, 0.3) is 0 Å². The van der Waals surface area contributed by atoms with E-state index < -0.39 is 11.6 Å². The van der Waals surface area contributed by atoms with E-state index in [1.54, 1.807) is 12.1 Å². The van der Waals surface area contributed by atoms with Crippen LogP contribution in [0.4, 0.5) is 8.78 Å². The van der Waals surface area contributed by atoms with Crippen molar-refractivity contribution >= 4 is 0 Å². The summed E-state index contributed by atoms with van der Waals surface area (Å²) in [4.78, 5) is 0. The van der Waals surface area contributed by atoms with E-state index in [0.29, 0.717) is 5.92 Å². The number of hydrogen-bond donors (Lipinski definition) is 3. The first-order valence-electron chi connectivity index (χ1n) is 9.48. The van der Waals surface area contributed by atoms with Crippen molar-refractivity contribution < 1.29 is 19.0 Å². The highest BCUT2D eigenvalue weighted by Crippen LogP contribution is 2.34. The van der Waals surface area contributed by atoms with E-state index in [9.17, 15) is 13.9 Å². The number of nitrogens with two attached hydrogens (primary N) is 1. The number of aromatic hydroxyl groups is 2. The number of nitrogens with zero attached hydrogens (tertiary/aromatic N) is 1. The highest BCUT2D eigenvalue weighted by molar-refractivity contribution is 5.39. The van der Waals surface area contributed by atoms with Crippen molar-refractivity contribution in [2.45, 2.75) is 51.5 Å². The predicted octanol–water partition coefficient (Wildman–Crippen LogP) is 4.56. The molecule has 4 nitrogen and oxygen atoms in total. The normalized spacial score (nSPS) is 15.9. The summed E-state index contributed by atoms with van der Waals surface area (Å²) in [6, 6.07) is 8.40. The van der Waals surface area contributed by atoms with Crippen LogP contribution in [0.5, 0.6) is 11.5 Å². The molecule has 28 heavy (non-hydrogen) atoms. The van der Waals surface area contributed by atoms with Gasteiger partial charge in [-0.1, -0.05) is 13.3 Å². The van der Waals surface area contributed by atoms with Crippen molar-refractivity contribution in [1.29, 1.82) is 5.26 Å². The number of phenols is 2. The maximum Gasteiger partial charge on any atom is 0.166 e. The molecular weight excluding hydrogens is 362 g/mol. The van der Waals surface area contributed by atoms with Crippen LogP contribution in [0.3, 0.4) is 0 Å². The zero-order valence-corrected chi connectivity index (χ0v) is 16.0. The molecule has 2 aromatic carbocycles. The lowest BCUT2D eigenvalue weighted by atomic mass is 9.96. The predicted molar refractivity (Wildman–Crippen MR) is 104 cm³/mol. The van der Waals surface area contributed by atoms with Gasteiger partial charge in [0, 0.05) is 12.1 Å². The monoisotopic (exact) mass is 388 g/mol. The van der Waals surface area contributed by atoms with E-state index in [2.05, 4.69) is 6.92 Å². The molecule has 2 aromatic rings. The molecule has 0 bridgehead atoms. The molecule has 2 unspecified atom stereocenters. The van der Waals surface area contributed by atoms with Crippen LogP contribution in [0, 0.1) is 28.9 Å². The molecule has 0 saturated carbocycles. The lowest BCUT2D eigenvalue weighted by Gasteiger charge is -2.13. The summed E-state index contributed by atoms with van der Waals surface area (Å²) in [6.07, 6.45) is 5.92. The SMILES string of the molecule is CCCC(N)CCC1Cc2cc(O)cc(F)c2C1.N#Cc1ccc(O)c(F)c1. The van der Waals surface area contributed by atoms with Gasteiger partial charge < -0.3 is 15.9 Å². The van der Waals surface area contributed by atoms with Crippen LogP contribution in [0.1, 0.15) is 49.3 Å². The quantitative estimate of drug-likeness (QED) is 0.700. The van der Waals surface area contributed by atoms with E-state index in [-0.39, 0.29) is 23.2 Å². The van der Waals surface area contributed by atoms with Crippen molar-refractivity contribution in [3.05, 3.63) is 58.7 Å². The minimum Gasteiger partial charge on any atom is -0.508 e. The fraction of sp³-hybridized carbons (Fsp3) is 0.409. The first-order chi connectivity index (χ1) is 13.3. The molecule has 0 fully saturated rings. The Morgan fingerprint density at radius 1 is 1.14 bits per heavy atom. The second-order valence-electron chi connectivity index (χ2n) is 7.24. The van der Waals surface area contributed by atoms with Crippen molar-refractivity contribution in [1.82, 2.24) is 0 Å². The number of fused-ring (bicyclic) bond motifs is 1. The van der Waals surface area contributed by atoms with Gasteiger partial charge in [0.05, 0.1) is 11.6 Å². The highest BCUT2D eigenvalue weighted by atomic mass is 19.1. The molecule has 2 atom stereocenters. The van der Waals surface area contributed by atoms with Gasteiger partial charge in [-0.2, -0.15) is 5.26 Å². The topological polar surface area (TPSA) is 90.3 Å². The fourth-order valence-corrected chi connectivity index (χ4v) is 3.51. The third-order valence-corrected chi connectivity index (χ3v) is 4.96. The van der Waals surface area contributed by atoms with Gasteiger partial charge in [0.1, 0.15) is 11.6 Å². The number of hydrogen-bond acceptors (Lipinski definition) is 4. The van der Waals surface area contributed by atoms with Crippen molar-refractivity contribution in [2.75, 3.05) is 0 Å². The maximum atomic E-state index is 13.7. The van der Waals surface area contributed by atoms with Gasteiger partial charge in [-0.25, -0.2) is 8.78 Å². The number of phenolic OH excluding ortho intramolecular Hbond substituents is 2. The number of halogens is 2. The Morgan fingerprint density at radius 2 is 1.89 bits per heavy atom. The van der Waals surface area contributed by atoms with Gasteiger partial charge in [0.2, 0.25) is 0 Å². The van der Waals surface area contributed by atoms with E-state index >= 15 is 0 Å². The molecule has 4 N–H and O–H groups in total. The van der Waals surface area contributed by atoms with Crippen LogP contribution >= 0.6 is 0 Å². The lowest BCUT2D eigenvalue weighted by Crippen LogP contribution is -2.20. The van der Waals surface area contributed by atoms with Gasteiger partial charge in [-0.15, -0.1) is 0 Å². The van der Waals surface area contributed by atoms with E-state index in [0.717, 1.165) is 61.8 Å². The molecule has 0 aromatic heterocycles. The fourth-order valence-electron chi connectivity index (χ4n) is 3.51. The molecule has 0 saturated heterocycles. The molecule has 0 amide bonds. The molecule has 1 aliphatic carbocycles. The summed E-state index contributed by atoms with van der Waals surface area (Å²) in [6.45, 7) is 2.14. The zero-order valence-electron chi connectivity index (χ0n) is 16.0. The molecule has 6 heteroatoms. The Balaban J connectivity index is 0.000000237. The summed E-state index contributed by atoms with van der Waals surface area (Å²) < 4.78 is 26.0. The van der Waals surface area contributed by atoms with Gasteiger partial charge in [0.25, 0.3) is 0 Å². The Morgan fingerprint density at radius 3 is 2.54 bits per heavy atom. The maximum absolute atomic E-state index is 13.7. The Hall–Kier alpha value is -2.65. The van der Waals surface area contributed by atoms with Gasteiger partial charge >= 0.3 is 0 Å². The third kappa shape index (κ3) is 5.93. The van der Waals surface area contributed by atoms with Gasteiger partial charge in [-0.05, 0) is 73.4 Å². The second-order valence-corrected chi connectivity index (χ2v) is 7.24. The standard InChI is InChI=1S/C15H22FNO.C7H4FNO/c1-2-3-12(17)5-4-10-6-11-8-13(18)9-15(16)14(11)7-10;8-6-3-5(4-9)1-2-7(6)10/h8-10,12,18H,2-7,17H2,1H3;1-3,10H. The largest absolute Gasteiger partial charge is 0.508 e. The number of nitriles is 1. The zero-order chi connectivity index (χ0) is 20.7. The van der Waals surface area contributed by atoms with Crippen LogP contribution in [-0.4, -0.2) is 16.3 Å². The number of rotatable bonds is 5. The molecule has 150 valence electrons. The van der Waals surface area contributed by atoms with Gasteiger partial charge in [-0.3, -0.25) is 0 Å². The van der Waals surface area contributed by atoms with Crippen LogP contribution in [-0.2, 0) is 12.8 Å². The summed E-state index contributed by atoms with van der Waals surface area (Å²) in [5, 5.41) is 26.3. The van der Waals surface area contributed by atoms with Crippen LogP contribution < -0.4 is 5.73 Å². The third-order valence-electron chi connectivity index (χ3n) is 4.96. The lowest BCUT2D eigenvalue weighted by molar-refractivity contribution is 0.432. The molecule has 0 radical (unpaired) electrons.